The van der Waals surface area contributed by atoms with Crippen LogP contribution in [0, 0.1) is 48.8 Å². The molecule has 4 aliphatic heterocycles. The number of halogens is 6. The van der Waals surface area contributed by atoms with Gasteiger partial charge in [0, 0.05) is 35.6 Å². The fraction of sp³-hybridized carbons (Fsp3) is 0.333. The summed E-state index contributed by atoms with van der Waals surface area (Å²) in [6.45, 7) is 3.79. The fourth-order valence-corrected chi connectivity index (χ4v) is 10.5. The van der Waals surface area contributed by atoms with E-state index in [9.17, 15) is 46.1 Å². The lowest BCUT2D eigenvalue weighted by Crippen LogP contribution is -2.52. The monoisotopic (exact) mass is 994 g/mol. The molecule has 12 nitrogen and oxygen atoms in total. The molecule has 6 heterocycles. The molecule has 2 aromatic heterocycles. The number of aryl methyl sites for hydroxylation is 2. The van der Waals surface area contributed by atoms with Gasteiger partial charge >= 0.3 is 0 Å². The maximum absolute atomic E-state index is 14.0. The van der Waals surface area contributed by atoms with Crippen LogP contribution in [0.5, 0.6) is 11.5 Å². The lowest BCUT2D eigenvalue weighted by Gasteiger charge is -2.47. The van der Waals surface area contributed by atoms with Crippen molar-refractivity contribution in [2.45, 2.75) is 102 Å². The van der Waals surface area contributed by atoms with Crippen LogP contribution >= 0.6 is 0 Å². The summed E-state index contributed by atoms with van der Waals surface area (Å²) in [7, 11) is 3.14. The maximum atomic E-state index is 14.0. The molecule has 0 saturated carbocycles. The predicted molar refractivity (Wildman–Crippen MR) is 254 cm³/mol. The van der Waals surface area contributed by atoms with Crippen LogP contribution in [0.15, 0.2) is 96.9 Å². The minimum absolute atomic E-state index is 0.118. The summed E-state index contributed by atoms with van der Waals surface area (Å²) in [6, 6.07) is 12.7. The summed E-state index contributed by atoms with van der Waals surface area (Å²) in [5, 5.41) is 20.8. The van der Waals surface area contributed by atoms with Crippen molar-refractivity contribution in [1.29, 1.82) is 0 Å². The molecule has 4 fully saturated rings. The van der Waals surface area contributed by atoms with Gasteiger partial charge in [0.15, 0.2) is 34.9 Å². The summed E-state index contributed by atoms with van der Waals surface area (Å²) in [5.41, 5.74) is 6.23. The Morgan fingerprint density at radius 3 is 1.28 bits per heavy atom. The summed E-state index contributed by atoms with van der Waals surface area (Å²) in [4.78, 5) is 38.9. The first-order chi connectivity index (χ1) is 34.5. The van der Waals surface area contributed by atoms with Gasteiger partial charge in [-0.1, -0.05) is 12.1 Å². The van der Waals surface area contributed by atoms with E-state index in [0.717, 1.165) is 58.2 Å². The van der Waals surface area contributed by atoms with Gasteiger partial charge in [-0.25, -0.2) is 36.3 Å². The van der Waals surface area contributed by atoms with Gasteiger partial charge in [0.25, 0.3) is 11.8 Å². The lowest BCUT2D eigenvalue weighted by atomic mass is 9.82. The van der Waals surface area contributed by atoms with Gasteiger partial charge in [-0.15, -0.1) is 0 Å². The third kappa shape index (κ3) is 10.0. The number of methoxy groups -OCH3 is 2. The number of fused-ring (bicyclic) bond motifs is 2. The van der Waals surface area contributed by atoms with Crippen molar-refractivity contribution in [2.24, 2.45) is 0 Å². The second-order valence-electron chi connectivity index (χ2n) is 18.7. The zero-order valence-corrected chi connectivity index (χ0v) is 39.8. The summed E-state index contributed by atoms with van der Waals surface area (Å²) in [5.74, 6) is -7.68. The molecule has 4 saturated heterocycles. The molecule has 10 rings (SSSR count). The van der Waals surface area contributed by atoms with E-state index in [1.165, 1.54) is 0 Å². The van der Waals surface area contributed by atoms with Crippen LogP contribution in [-0.4, -0.2) is 89.4 Å². The van der Waals surface area contributed by atoms with Gasteiger partial charge in [-0.2, -0.15) is 0 Å². The summed E-state index contributed by atoms with van der Waals surface area (Å²) in [6.07, 6.45) is 12.5. The molecule has 2 N–H and O–H groups in total. The Hall–Kier alpha value is -7.18. The summed E-state index contributed by atoms with van der Waals surface area (Å²) < 4.78 is 98.0. The minimum Gasteiger partial charge on any atom is -0.495 e. The van der Waals surface area contributed by atoms with Crippen LogP contribution in [-0.2, 0) is 9.59 Å². The van der Waals surface area contributed by atoms with Crippen molar-refractivity contribution < 1.29 is 55.6 Å². The maximum Gasteiger partial charge on any atom is 0.250 e. The first kappa shape index (κ1) is 49.8. The molecule has 18 heteroatoms. The molecule has 0 radical (unpaired) electrons. The molecule has 6 atom stereocenters. The third-order valence-electron chi connectivity index (χ3n) is 13.9. The van der Waals surface area contributed by atoms with Gasteiger partial charge in [0.2, 0.25) is 0 Å². The average Bonchev–Trinajstić information content (AvgIpc) is 4.00. The number of amides is 2. The number of nitrogens with zero attached hydrogens (tertiary/aromatic N) is 6. The van der Waals surface area contributed by atoms with Crippen molar-refractivity contribution in [3.63, 3.8) is 0 Å². The number of hydrogen-bond acceptors (Lipinski definition) is 8. The Bertz CT molecular complexity index is 2870. The van der Waals surface area contributed by atoms with Gasteiger partial charge < -0.3 is 38.6 Å². The van der Waals surface area contributed by atoms with Crippen LogP contribution in [0.3, 0.4) is 0 Å². The Balaban J connectivity index is 0.000000178. The number of imidazole rings is 2. The van der Waals surface area contributed by atoms with E-state index in [-0.39, 0.29) is 47.9 Å². The highest BCUT2D eigenvalue weighted by Gasteiger charge is 2.44. The van der Waals surface area contributed by atoms with Gasteiger partial charge in [-0.05, 0) is 148 Å². The Kier molecular flexibility index (Phi) is 14.2. The van der Waals surface area contributed by atoms with E-state index >= 15 is 0 Å². The summed E-state index contributed by atoms with van der Waals surface area (Å²) >= 11 is 0. The second-order valence-corrected chi connectivity index (χ2v) is 18.7. The quantitative estimate of drug-likeness (QED) is 0.0875. The minimum atomic E-state index is -1.56. The van der Waals surface area contributed by atoms with Crippen LogP contribution < -0.4 is 9.47 Å². The van der Waals surface area contributed by atoms with Crippen molar-refractivity contribution >= 4 is 24.0 Å². The van der Waals surface area contributed by atoms with Crippen LogP contribution in [0.4, 0.5) is 26.3 Å². The standard InChI is InChI=1S/2C27H26F3N3O3/c2*1-15-13-32(14-31-15)23-6-3-16(8-25(23)36-2)7-17-4-5-19-11-20(34)12-24(33(19)27(17)35)18-9-21(28)26(30)22(29)10-18/h2*3,6-10,13-14,19-20,24,34H,4-5,11-12H2,1-2H3/b2*17-7+/t2*19-,20+,24+/m10/s1. The number of hydrogen-bond donors (Lipinski definition) is 2. The molecule has 6 aromatic rings. The Morgan fingerprint density at radius 1 is 0.569 bits per heavy atom. The topological polar surface area (TPSA) is 135 Å². The van der Waals surface area contributed by atoms with Crippen molar-refractivity contribution in [3.8, 4) is 22.9 Å². The number of carbonyl (C=O) groups is 2. The SMILES string of the molecule is COc1cc(/C=C2\CC[C@@H]3C[C@H](O)C[C@@H](c4cc(F)c(F)c(F)c4)N3C2=O)ccc1-n1cnc(C)c1.COc1cc(/C=C2\CC[C@H]3C[C@@H](O)C[C@H](c4cc(F)c(F)c(F)c4)N3C2=O)ccc1-n1cnc(C)c1. The molecular formula is C54H52F6N6O6. The average molecular weight is 995 g/mol. The van der Waals surface area contributed by atoms with Crippen LogP contribution in [0.2, 0.25) is 0 Å². The number of rotatable bonds is 8. The highest BCUT2D eigenvalue weighted by molar-refractivity contribution is 6.00. The van der Waals surface area contributed by atoms with E-state index < -0.39 is 59.2 Å². The molecule has 0 unspecified atom stereocenters. The van der Waals surface area contributed by atoms with Gasteiger partial charge in [-0.3, -0.25) is 9.59 Å². The van der Waals surface area contributed by atoms with Crippen molar-refractivity contribution in [3.05, 3.63) is 165 Å². The number of piperidine rings is 4. The first-order valence-electron chi connectivity index (χ1n) is 23.6. The van der Waals surface area contributed by atoms with Crippen molar-refractivity contribution in [1.82, 2.24) is 28.9 Å². The number of benzene rings is 4. The molecule has 0 spiro atoms. The molecule has 0 bridgehead atoms. The molecule has 376 valence electrons. The van der Waals surface area contributed by atoms with Crippen LogP contribution in [0.1, 0.15) is 97.1 Å². The Labute approximate surface area is 411 Å². The van der Waals surface area contributed by atoms with Crippen LogP contribution in [0.25, 0.3) is 23.5 Å². The number of aromatic nitrogens is 4. The fourth-order valence-electron chi connectivity index (χ4n) is 10.5. The molecule has 72 heavy (non-hydrogen) atoms. The predicted octanol–water partition coefficient (Wildman–Crippen LogP) is 9.75. The van der Waals surface area contributed by atoms with Gasteiger partial charge in [0.05, 0.1) is 73.9 Å². The molecule has 4 aliphatic rings. The van der Waals surface area contributed by atoms with E-state index in [2.05, 4.69) is 9.97 Å². The van der Waals surface area contributed by atoms with E-state index in [0.29, 0.717) is 61.2 Å². The van der Waals surface area contributed by atoms with E-state index in [1.54, 1.807) is 48.8 Å². The van der Waals surface area contributed by atoms with E-state index in [4.69, 9.17) is 9.47 Å². The number of ether oxygens (including phenoxy) is 2. The lowest BCUT2D eigenvalue weighted by molar-refractivity contribution is -0.140. The normalized spacial score (nSPS) is 23.2. The zero-order valence-electron chi connectivity index (χ0n) is 39.8. The highest BCUT2D eigenvalue weighted by Crippen LogP contribution is 2.44. The number of aliphatic hydroxyl groups excluding tert-OH is 2. The number of carbonyl (C=O) groups excluding carboxylic acids is 2. The van der Waals surface area contributed by atoms with Gasteiger partial charge in [0.1, 0.15) is 11.5 Å². The van der Waals surface area contributed by atoms with Crippen molar-refractivity contribution in [2.75, 3.05) is 14.2 Å². The number of aliphatic hydroxyl groups is 2. The molecular weight excluding hydrogens is 943 g/mol. The highest BCUT2D eigenvalue weighted by atomic mass is 19.2. The smallest absolute Gasteiger partial charge is 0.250 e. The molecule has 4 aromatic carbocycles. The molecule has 2 amide bonds. The Morgan fingerprint density at radius 2 is 0.944 bits per heavy atom. The molecule has 0 aliphatic carbocycles. The first-order valence-corrected chi connectivity index (χ1v) is 23.6. The zero-order chi connectivity index (χ0) is 51.1. The van der Waals surface area contributed by atoms with E-state index in [1.807, 2.05) is 71.8 Å². The third-order valence-corrected chi connectivity index (χ3v) is 13.9. The second kappa shape index (κ2) is 20.5. The largest absolute Gasteiger partial charge is 0.495 e.